The molecule has 0 bridgehead atoms. The van der Waals surface area contributed by atoms with Crippen LogP contribution in [0.4, 0.5) is 0 Å². The third-order valence-corrected chi connectivity index (χ3v) is 6.18. The number of rotatable bonds is 2. The first-order valence-corrected chi connectivity index (χ1v) is 9.37. The summed E-state index contributed by atoms with van der Waals surface area (Å²) in [6.07, 6.45) is 2.58. The summed E-state index contributed by atoms with van der Waals surface area (Å²) in [7, 11) is 0. The summed E-state index contributed by atoms with van der Waals surface area (Å²) < 4.78 is 0. The topological polar surface area (TPSA) is 65.2 Å². The van der Waals surface area contributed by atoms with Gasteiger partial charge in [0.2, 0.25) is 5.91 Å². The number of aromatic nitrogens is 1. The Morgan fingerprint density at radius 1 is 1.11 bits per heavy atom. The van der Waals surface area contributed by atoms with E-state index in [0.717, 1.165) is 10.9 Å². The highest BCUT2D eigenvalue weighted by Crippen LogP contribution is 2.47. The molecule has 5 nitrogen and oxygen atoms in total. The maximum Gasteiger partial charge on any atom is 0.253 e. The number of fused-ring (bicyclic) bond motifs is 1. The van der Waals surface area contributed by atoms with Crippen LogP contribution < -0.4 is 5.32 Å². The van der Waals surface area contributed by atoms with Crippen LogP contribution in [-0.2, 0) is 4.79 Å². The van der Waals surface area contributed by atoms with E-state index in [-0.39, 0.29) is 17.7 Å². The molecule has 136 valence electrons. The maximum absolute atomic E-state index is 13.1. The summed E-state index contributed by atoms with van der Waals surface area (Å²) in [4.78, 5) is 30.8. The fraction of sp³-hybridized carbons (Fsp3) is 0.273. The van der Waals surface area contributed by atoms with Crippen molar-refractivity contribution in [2.75, 3.05) is 19.6 Å². The van der Waals surface area contributed by atoms with Gasteiger partial charge in [-0.05, 0) is 36.2 Å². The molecule has 5 heteroatoms. The van der Waals surface area contributed by atoms with Crippen molar-refractivity contribution in [2.24, 2.45) is 5.41 Å². The van der Waals surface area contributed by atoms with E-state index < -0.39 is 5.41 Å². The second kappa shape index (κ2) is 5.98. The van der Waals surface area contributed by atoms with Crippen LogP contribution in [0, 0.1) is 5.41 Å². The molecule has 1 spiro atoms. The Bertz CT molecular complexity index is 1030. The number of hydrogen-bond acceptors (Lipinski definition) is 2. The predicted molar refractivity (Wildman–Crippen MR) is 103 cm³/mol. The van der Waals surface area contributed by atoms with Gasteiger partial charge in [0.25, 0.3) is 5.91 Å². The molecule has 2 fully saturated rings. The standard InChI is InChI=1S/C22H21N3O2/c26-20(17-6-7-19-16(12-17)8-10-23-19)25-11-9-22(14-25)18(13-24-21(22)27)15-4-2-1-3-5-15/h1-8,10,12,18,23H,9,11,13-14H2,(H,24,27)/t18-,22-/m0/s1. The van der Waals surface area contributed by atoms with Gasteiger partial charge in [-0.2, -0.15) is 0 Å². The van der Waals surface area contributed by atoms with Gasteiger partial charge >= 0.3 is 0 Å². The molecule has 2 N–H and O–H groups in total. The molecule has 0 unspecified atom stereocenters. The lowest BCUT2D eigenvalue weighted by Crippen LogP contribution is -2.39. The van der Waals surface area contributed by atoms with Crippen molar-refractivity contribution in [1.29, 1.82) is 0 Å². The predicted octanol–water partition coefficient (Wildman–Crippen LogP) is 2.91. The summed E-state index contributed by atoms with van der Waals surface area (Å²) in [6, 6.07) is 17.8. The number of nitrogens with one attached hydrogen (secondary N) is 2. The Morgan fingerprint density at radius 2 is 1.96 bits per heavy atom. The van der Waals surface area contributed by atoms with Crippen LogP contribution in [0.25, 0.3) is 10.9 Å². The molecular formula is C22H21N3O2. The van der Waals surface area contributed by atoms with Crippen molar-refractivity contribution in [1.82, 2.24) is 15.2 Å². The Morgan fingerprint density at radius 3 is 2.81 bits per heavy atom. The fourth-order valence-corrected chi connectivity index (χ4v) is 4.69. The van der Waals surface area contributed by atoms with Gasteiger partial charge in [0.05, 0.1) is 5.41 Å². The summed E-state index contributed by atoms with van der Waals surface area (Å²) in [5.41, 5.74) is 2.34. The number of aromatic amines is 1. The molecule has 1 aromatic heterocycles. The van der Waals surface area contributed by atoms with E-state index in [1.54, 1.807) is 0 Å². The first-order chi connectivity index (χ1) is 13.2. The average molecular weight is 359 g/mol. The lowest BCUT2D eigenvalue weighted by molar-refractivity contribution is -0.127. The number of H-pyrrole nitrogens is 1. The van der Waals surface area contributed by atoms with Crippen molar-refractivity contribution < 1.29 is 9.59 Å². The van der Waals surface area contributed by atoms with Crippen LogP contribution in [-0.4, -0.2) is 41.3 Å². The summed E-state index contributed by atoms with van der Waals surface area (Å²) >= 11 is 0. The molecule has 2 amide bonds. The minimum absolute atomic E-state index is 0.00138. The van der Waals surface area contributed by atoms with Crippen molar-refractivity contribution in [3.63, 3.8) is 0 Å². The number of carbonyl (C=O) groups is 2. The van der Waals surface area contributed by atoms with Crippen LogP contribution in [0.15, 0.2) is 60.8 Å². The van der Waals surface area contributed by atoms with Gasteiger partial charge in [-0.1, -0.05) is 30.3 Å². The van der Waals surface area contributed by atoms with Gasteiger partial charge in [-0.25, -0.2) is 0 Å². The summed E-state index contributed by atoms with van der Waals surface area (Å²) in [6.45, 7) is 1.73. The van der Waals surface area contributed by atoms with Gasteiger partial charge in [-0.3, -0.25) is 9.59 Å². The normalized spacial score (nSPS) is 24.7. The molecule has 2 aliphatic rings. The summed E-state index contributed by atoms with van der Waals surface area (Å²) in [5.74, 6) is 0.186. The van der Waals surface area contributed by atoms with E-state index in [1.165, 1.54) is 5.56 Å². The zero-order chi connectivity index (χ0) is 18.4. The van der Waals surface area contributed by atoms with Crippen LogP contribution in [0.2, 0.25) is 0 Å². The first-order valence-electron chi connectivity index (χ1n) is 9.37. The zero-order valence-corrected chi connectivity index (χ0v) is 14.9. The molecular weight excluding hydrogens is 338 g/mol. The zero-order valence-electron chi connectivity index (χ0n) is 14.9. The van der Waals surface area contributed by atoms with E-state index in [0.29, 0.717) is 31.6 Å². The molecule has 2 atom stereocenters. The lowest BCUT2D eigenvalue weighted by atomic mass is 9.73. The molecule has 0 saturated carbocycles. The van der Waals surface area contributed by atoms with Crippen molar-refractivity contribution in [3.8, 4) is 0 Å². The minimum atomic E-state index is -0.519. The third-order valence-electron chi connectivity index (χ3n) is 6.18. The average Bonchev–Trinajstić information content (AvgIpc) is 3.42. The van der Waals surface area contributed by atoms with Crippen molar-refractivity contribution >= 4 is 22.7 Å². The molecule has 2 aromatic carbocycles. The number of carbonyl (C=O) groups excluding carboxylic acids is 2. The largest absolute Gasteiger partial charge is 0.361 e. The quantitative estimate of drug-likeness (QED) is 0.739. The molecule has 0 radical (unpaired) electrons. The molecule has 5 rings (SSSR count). The Labute approximate surface area is 157 Å². The molecule has 3 heterocycles. The number of hydrogen-bond donors (Lipinski definition) is 2. The maximum atomic E-state index is 13.1. The van der Waals surface area contributed by atoms with Crippen molar-refractivity contribution in [2.45, 2.75) is 12.3 Å². The Kier molecular flexibility index (Phi) is 3.57. The number of nitrogens with zero attached hydrogens (tertiary/aromatic N) is 1. The van der Waals surface area contributed by atoms with E-state index in [1.807, 2.05) is 53.6 Å². The van der Waals surface area contributed by atoms with Gasteiger partial charge in [0.15, 0.2) is 0 Å². The summed E-state index contributed by atoms with van der Waals surface area (Å²) in [5, 5.41) is 4.06. The van der Waals surface area contributed by atoms with Gasteiger partial charge in [-0.15, -0.1) is 0 Å². The van der Waals surface area contributed by atoms with Crippen LogP contribution >= 0.6 is 0 Å². The molecule has 2 saturated heterocycles. The van der Waals surface area contributed by atoms with Gasteiger partial charge in [0, 0.05) is 48.2 Å². The number of likely N-dealkylation sites (tertiary alicyclic amines) is 1. The Balaban J connectivity index is 1.43. The van der Waals surface area contributed by atoms with Crippen LogP contribution in [0.5, 0.6) is 0 Å². The number of amides is 2. The first kappa shape index (κ1) is 16.1. The highest BCUT2D eigenvalue weighted by molar-refractivity contribution is 5.99. The van der Waals surface area contributed by atoms with Gasteiger partial charge < -0.3 is 15.2 Å². The molecule has 3 aromatic rings. The third kappa shape index (κ3) is 2.46. The van der Waals surface area contributed by atoms with E-state index >= 15 is 0 Å². The second-order valence-corrected chi connectivity index (χ2v) is 7.59. The number of benzene rings is 2. The smallest absolute Gasteiger partial charge is 0.253 e. The fourth-order valence-electron chi connectivity index (χ4n) is 4.69. The van der Waals surface area contributed by atoms with Crippen LogP contribution in [0.3, 0.4) is 0 Å². The Hall–Kier alpha value is -3.08. The highest BCUT2D eigenvalue weighted by atomic mass is 16.2. The minimum Gasteiger partial charge on any atom is -0.361 e. The van der Waals surface area contributed by atoms with E-state index in [9.17, 15) is 9.59 Å². The van der Waals surface area contributed by atoms with Crippen molar-refractivity contribution in [3.05, 3.63) is 71.9 Å². The molecule has 27 heavy (non-hydrogen) atoms. The second-order valence-electron chi connectivity index (χ2n) is 7.59. The van der Waals surface area contributed by atoms with E-state index in [4.69, 9.17) is 0 Å². The lowest BCUT2D eigenvalue weighted by Gasteiger charge is -2.28. The van der Waals surface area contributed by atoms with Crippen LogP contribution in [0.1, 0.15) is 28.3 Å². The molecule has 2 aliphatic heterocycles. The van der Waals surface area contributed by atoms with Gasteiger partial charge in [0.1, 0.15) is 0 Å². The highest BCUT2D eigenvalue weighted by Gasteiger charge is 2.55. The SMILES string of the molecule is O=C(c1ccc2[nH]ccc2c1)N1CC[C@@]2(C1)C(=O)NC[C@H]2c1ccccc1. The molecule has 0 aliphatic carbocycles. The van der Waals surface area contributed by atoms with E-state index in [2.05, 4.69) is 22.4 Å². The monoisotopic (exact) mass is 359 g/mol.